The molecule has 0 atom stereocenters. The van der Waals surface area contributed by atoms with Gasteiger partial charge >= 0.3 is 5.97 Å². The number of fused-ring (bicyclic) bond motifs is 2. The number of carbonyl (C=O) groups excluding carboxylic acids is 1. The quantitative estimate of drug-likeness (QED) is 0.756. The summed E-state index contributed by atoms with van der Waals surface area (Å²) in [4.78, 5) is 16.6. The zero-order chi connectivity index (χ0) is 13.4. The van der Waals surface area contributed by atoms with Gasteiger partial charge in [0.15, 0.2) is 0 Å². The van der Waals surface area contributed by atoms with Gasteiger partial charge in [0.05, 0.1) is 18.2 Å². The molecule has 0 aliphatic carbocycles. The van der Waals surface area contributed by atoms with Gasteiger partial charge in [-0.3, -0.25) is 4.98 Å². The van der Waals surface area contributed by atoms with Crippen molar-refractivity contribution in [1.29, 1.82) is 0 Å². The molecule has 0 radical (unpaired) electrons. The number of methoxy groups -OCH3 is 1. The number of nitrogens with one attached hydrogen (secondary N) is 1. The van der Waals surface area contributed by atoms with Crippen LogP contribution in [0.1, 0.15) is 21.6 Å². The molecular weight excluding hydrogens is 244 g/mol. The summed E-state index contributed by atoms with van der Waals surface area (Å²) in [6.07, 6.45) is 0.769. The first-order valence-electron chi connectivity index (χ1n) is 6.14. The molecule has 98 valence electrons. The Balaban J connectivity index is 2.36. The Kier molecular flexibility index (Phi) is 2.83. The minimum Gasteiger partial charge on any atom is -0.508 e. The molecular formula is C14H14N2O3. The number of hydrogen-bond donors (Lipinski definition) is 2. The standard InChI is InChI=1S/C14H14N2O3/c1-19-14(18)13-9-3-2-8(17)6-12(9)16-11-4-5-15-7-10(11)13/h2-3,6,15,17H,4-5,7H2,1H3. The first kappa shape index (κ1) is 11.9. The monoisotopic (exact) mass is 258 g/mol. The van der Waals surface area contributed by atoms with Crippen LogP contribution >= 0.6 is 0 Å². The minimum absolute atomic E-state index is 0.143. The summed E-state index contributed by atoms with van der Waals surface area (Å²) < 4.78 is 4.88. The summed E-state index contributed by atoms with van der Waals surface area (Å²) in [5, 5.41) is 13.5. The van der Waals surface area contributed by atoms with E-state index < -0.39 is 0 Å². The van der Waals surface area contributed by atoms with Gasteiger partial charge in [0, 0.05) is 42.2 Å². The fourth-order valence-electron chi connectivity index (χ4n) is 2.50. The number of carbonyl (C=O) groups is 1. The van der Waals surface area contributed by atoms with E-state index in [9.17, 15) is 9.90 Å². The van der Waals surface area contributed by atoms with E-state index in [2.05, 4.69) is 10.3 Å². The fourth-order valence-corrected chi connectivity index (χ4v) is 2.50. The van der Waals surface area contributed by atoms with Gasteiger partial charge in [-0.05, 0) is 12.1 Å². The summed E-state index contributed by atoms with van der Waals surface area (Å²) in [7, 11) is 1.37. The molecule has 0 saturated heterocycles. The highest BCUT2D eigenvalue weighted by Gasteiger charge is 2.22. The van der Waals surface area contributed by atoms with Crippen molar-refractivity contribution < 1.29 is 14.6 Å². The van der Waals surface area contributed by atoms with E-state index in [4.69, 9.17) is 4.74 Å². The van der Waals surface area contributed by atoms with Crippen molar-refractivity contribution in [3.05, 3.63) is 35.0 Å². The number of phenolic OH excluding ortho intramolecular Hbond substituents is 1. The second-order valence-corrected chi connectivity index (χ2v) is 4.53. The number of rotatable bonds is 1. The van der Waals surface area contributed by atoms with Crippen LogP contribution in [0.5, 0.6) is 5.75 Å². The molecule has 0 amide bonds. The lowest BCUT2D eigenvalue weighted by Crippen LogP contribution is -2.27. The zero-order valence-corrected chi connectivity index (χ0v) is 10.6. The summed E-state index contributed by atoms with van der Waals surface area (Å²) in [6.45, 7) is 1.45. The predicted molar refractivity (Wildman–Crippen MR) is 70.2 cm³/mol. The molecule has 2 N–H and O–H groups in total. The Morgan fingerprint density at radius 3 is 3.11 bits per heavy atom. The predicted octanol–water partition coefficient (Wildman–Crippen LogP) is 1.37. The number of pyridine rings is 1. The van der Waals surface area contributed by atoms with Crippen molar-refractivity contribution in [1.82, 2.24) is 10.3 Å². The lowest BCUT2D eigenvalue weighted by molar-refractivity contribution is 0.0601. The van der Waals surface area contributed by atoms with Gasteiger partial charge in [0.2, 0.25) is 0 Å². The first-order chi connectivity index (χ1) is 9.20. The van der Waals surface area contributed by atoms with E-state index in [0.717, 1.165) is 24.2 Å². The fraction of sp³-hybridized carbons (Fsp3) is 0.286. The summed E-state index contributed by atoms with van der Waals surface area (Å²) >= 11 is 0. The molecule has 2 heterocycles. The smallest absolute Gasteiger partial charge is 0.338 e. The molecule has 1 aromatic heterocycles. The number of hydrogen-bond acceptors (Lipinski definition) is 5. The van der Waals surface area contributed by atoms with Crippen LogP contribution in [0.25, 0.3) is 10.9 Å². The molecule has 0 saturated carbocycles. The van der Waals surface area contributed by atoms with Gasteiger partial charge in [-0.1, -0.05) is 0 Å². The van der Waals surface area contributed by atoms with Crippen molar-refractivity contribution in [2.45, 2.75) is 13.0 Å². The third kappa shape index (κ3) is 1.92. The van der Waals surface area contributed by atoms with Gasteiger partial charge in [-0.15, -0.1) is 0 Å². The Hall–Kier alpha value is -2.14. The molecule has 1 aliphatic rings. The van der Waals surface area contributed by atoms with Gasteiger partial charge in [0.1, 0.15) is 5.75 Å². The number of phenols is 1. The molecule has 1 aliphatic heterocycles. The molecule has 0 unspecified atom stereocenters. The Morgan fingerprint density at radius 2 is 2.32 bits per heavy atom. The minimum atomic E-state index is -0.363. The summed E-state index contributed by atoms with van der Waals surface area (Å²) in [6, 6.07) is 4.84. The lowest BCUT2D eigenvalue weighted by Gasteiger charge is -2.20. The van der Waals surface area contributed by atoms with Crippen LogP contribution in [0.4, 0.5) is 0 Å². The Labute approximate surface area is 110 Å². The third-order valence-corrected chi connectivity index (χ3v) is 3.39. The average Bonchev–Trinajstić information content (AvgIpc) is 2.43. The molecule has 3 rings (SSSR count). The van der Waals surface area contributed by atoms with Crippen LogP contribution in [0.2, 0.25) is 0 Å². The number of nitrogens with zero attached hydrogens (tertiary/aromatic N) is 1. The topological polar surface area (TPSA) is 71.5 Å². The van der Waals surface area contributed by atoms with Crippen LogP contribution in [0, 0.1) is 0 Å². The molecule has 2 aromatic rings. The maximum absolute atomic E-state index is 12.0. The van der Waals surface area contributed by atoms with Crippen LogP contribution in [-0.2, 0) is 17.7 Å². The van der Waals surface area contributed by atoms with E-state index in [0.29, 0.717) is 23.0 Å². The SMILES string of the molecule is COC(=O)c1c2c(nc3cc(O)ccc13)CCNC2. The van der Waals surface area contributed by atoms with Crippen LogP contribution in [0.3, 0.4) is 0 Å². The molecule has 5 heteroatoms. The summed E-state index contributed by atoms with van der Waals surface area (Å²) in [5.41, 5.74) is 2.98. The number of aromatic nitrogens is 1. The normalized spacial score (nSPS) is 14.2. The van der Waals surface area contributed by atoms with E-state index >= 15 is 0 Å². The van der Waals surface area contributed by atoms with Gasteiger partial charge < -0.3 is 15.2 Å². The lowest BCUT2D eigenvalue weighted by atomic mass is 9.96. The zero-order valence-electron chi connectivity index (χ0n) is 10.6. The van der Waals surface area contributed by atoms with E-state index in [1.165, 1.54) is 7.11 Å². The Morgan fingerprint density at radius 1 is 1.47 bits per heavy atom. The molecule has 0 spiro atoms. The molecule has 0 fully saturated rings. The highest BCUT2D eigenvalue weighted by Crippen LogP contribution is 2.28. The highest BCUT2D eigenvalue weighted by molar-refractivity contribution is 6.05. The number of esters is 1. The van der Waals surface area contributed by atoms with Crippen LogP contribution in [-0.4, -0.2) is 29.7 Å². The molecule has 1 aromatic carbocycles. The molecule has 5 nitrogen and oxygen atoms in total. The summed E-state index contributed by atoms with van der Waals surface area (Å²) in [5.74, 6) is -0.220. The third-order valence-electron chi connectivity index (χ3n) is 3.39. The first-order valence-corrected chi connectivity index (χ1v) is 6.14. The van der Waals surface area contributed by atoms with Crippen LogP contribution < -0.4 is 5.32 Å². The van der Waals surface area contributed by atoms with E-state index in [-0.39, 0.29) is 11.7 Å². The van der Waals surface area contributed by atoms with Gasteiger partial charge in [-0.2, -0.15) is 0 Å². The van der Waals surface area contributed by atoms with Crippen molar-refractivity contribution in [3.8, 4) is 5.75 Å². The maximum Gasteiger partial charge on any atom is 0.338 e. The molecule has 0 bridgehead atoms. The van der Waals surface area contributed by atoms with E-state index in [1.54, 1.807) is 18.2 Å². The Bertz CT molecular complexity index is 667. The van der Waals surface area contributed by atoms with Crippen molar-refractivity contribution in [3.63, 3.8) is 0 Å². The van der Waals surface area contributed by atoms with Crippen LogP contribution in [0.15, 0.2) is 18.2 Å². The van der Waals surface area contributed by atoms with E-state index in [1.807, 2.05) is 0 Å². The largest absolute Gasteiger partial charge is 0.508 e. The average molecular weight is 258 g/mol. The number of ether oxygens (including phenoxy) is 1. The highest BCUT2D eigenvalue weighted by atomic mass is 16.5. The maximum atomic E-state index is 12.0. The van der Waals surface area contributed by atoms with Gasteiger partial charge in [0.25, 0.3) is 0 Å². The molecule has 19 heavy (non-hydrogen) atoms. The second kappa shape index (κ2) is 4.51. The van der Waals surface area contributed by atoms with Crippen molar-refractivity contribution in [2.24, 2.45) is 0 Å². The van der Waals surface area contributed by atoms with Crippen molar-refractivity contribution >= 4 is 16.9 Å². The second-order valence-electron chi connectivity index (χ2n) is 4.53. The number of benzene rings is 1. The van der Waals surface area contributed by atoms with Gasteiger partial charge in [-0.25, -0.2) is 4.79 Å². The number of aromatic hydroxyl groups is 1. The van der Waals surface area contributed by atoms with Crippen molar-refractivity contribution in [2.75, 3.05) is 13.7 Å².